The fraction of sp³-hybridized carbons (Fsp3) is 1.00. The van der Waals surface area contributed by atoms with Gasteiger partial charge >= 0.3 is 0 Å². The van der Waals surface area contributed by atoms with Crippen LogP contribution < -0.4 is 0 Å². The molecule has 0 saturated carbocycles. The maximum Gasteiger partial charge on any atom is 0.0947 e. The van der Waals surface area contributed by atoms with Crippen LogP contribution in [-0.4, -0.2) is 18.7 Å². The first-order valence-corrected chi connectivity index (χ1v) is 2.64. The smallest absolute Gasteiger partial charge is 0.0947 e. The molecular formula is C7H19F3ORf. The van der Waals surface area contributed by atoms with Gasteiger partial charge in [0.25, 0.3) is 0 Å². The van der Waals surface area contributed by atoms with E-state index < -0.39 is 13.3 Å². The summed E-state index contributed by atoms with van der Waals surface area (Å²) in [5.41, 5.74) is 0. The van der Waals surface area contributed by atoms with Crippen molar-refractivity contribution in [1.29, 1.82) is 0 Å². The van der Waals surface area contributed by atoms with E-state index in [-0.39, 0.29) is 20.8 Å². The molecular weight excluding hydrogens is 424 g/mol. The van der Waals surface area contributed by atoms with Crippen molar-refractivity contribution in [2.75, 3.05) is 13.3 Å². The predicted molar refractivity (Wildman–Crippen MR) is 42.5 cm³/mol. The van der Waals surface area contributed by atoms with E-state index in [0.717, 1.165) is 0 Å². The van der Waals surface area contributed by atoms with Gasteiger partial charge in [0.05, 0.1) is 13.3 Å². The van der Waals surface area contributed by atoms with Crippen molar-refractivity contribution in [2.24, 2.45) is 5.92 Å². The minimum atomic E-state index is -0.521. The Morgan fingerprint density at radius 2 is 1.33 bits per heavy atom. The van der Waals surface area contributed by atoms with Gasteiger partial charge in [-0.05, 0) is 6.42 Å². The summed E-state index contributed by atoms with van der Waals surface area (Å²) >= 11 is 0. The molecule has 0 fully saturated rings. The van der Waals surface area contributed by atoms with Crippen molar-refractivity contribution in [2.45, 2.75) is 28.2 Å². The van der Waals surface area contributed by atoms with Crippen LogP contribution in [0.5, 0.6) is 0 Å². The summed E-state index contributed by atoms with van der Waals surface area (Å²) in [5, 5.41) is 5.50. The van der Waals surface area contributed by atoms with E-state index in [1.54, 1.807) is 6.92 Å². The van der Waals surface area contributed by atoms with Gasteiger partial charge in [0.1, 0.15) is 0 Å². The van der Waals surface area contributed by atoms with E-state index in [9.17, 15) is 8.78 Å². The first kappa shape index (κ1) is 30.9. The summed E-state index contributed by atoms with van der Waals surface area (Å²) < 4.78 is 31.3. The number of hydrogen-bond donors (Lipinski definition) is 1. The molecule has 0 aliphatic rings. The molecule has 0 unspecified atom stereocenters. The molecule has 76 valence electrons. The van der Waals surface area contributed by atoms with Crippen LogP contribution in [0.4, 0.5) is 13.3 Å². The Balaban J connectivity index is -0.0000000303. The molecule has 1 N–H and O–H groups in total. The maximum atomic E-state index is 11.4. The van der Waals surface area contributed by atoms with Gasteiger partial charge < -0.3 is 0 Å². The quantitative estimate of drug-likeness (QED) is 0.711. The maximum absolute atomic E-state index is 11.4. The van der Waals surface area contributed by atoms with Gasteiger partial charge in [-0.15, -0.1) is 0 Å². The molecule has 5 heteroatoms. The van der Waals surface area contributed by atoms with Crippen LogP contribution in [0.2, 0.25) is 0 Å². The van der Waals surface area contributed by atoms with E-state index in [1.165, 1.54) is 0 Å². The summed E-state index contributed by atoms with van der Waals surface area (Å²) in [6.07, 6.45) is 0.604. The predicted octanol–water partition coefficient (Wildman–Crippen LogP) is 3.09. The Morgan fingerprint density at radius 1 is 1.08 bits per heavy atom. The number of halogens is 3. The molecule has 0 radical (unpaired) electrons. The van der Waals surface area contributed by atoms with Crippen molar-refractivity contribution in [3.05, 3.63) is 0 Å². The third kappa shape index (κ3) is 23.3. The summed E-state index contributed by atoms with van der Waals surface area (Å²) in [6, 6.07) is 0. The van der Waals surface area contributed by atoms with Crippen LogP contribution in [0.1, 0.15) is 28.2 Å². The summed E-state index contributed by atoms with van der Waals surface area (Å²) in [7, 11) is 0. The summed E-state index contributed by atoms with van der Waals surface area (Å²) in [5.74, 6) is -0.347. The summed E-state index contributed by atoms with van der Waals surface area (Å²) in [6.45, 7) is 0.740. The molecule has 0 aromatic rings. The minimum Gasteiger partial charge on any atom is -0.251 e. The average Bonchev–Trinajstić information content (AvgIpc) is 1.96. The fourth-order valence-corrected chi connectivity index (χ4v) is 0.259. The van der Waals surface area contributed by atoms with E-state index in [1.807, 2.05) is 0 Å². The second-order valence-electron chi connectivity index (χ2n) is 1.58. The van der Waals surface area contributed by atoms with Gasteiger partial charge in [-0.2, -0.15) is 0 Å². The van der Waals surface area contributed by atoms with Crippen LogP contribution in [0.25, 0.3) is 0 Å². The number of rotatable bonds is 3. The molecule has 0 bridgehead atoms. The van der Waals surface area contributed by atoms with Gasteiger partial charge in [-0.1, -0.05) is 26.3 Å². The van der Waals surface area contributed by atoms with E-state index >= 15 is 0 Å². The molecule has 0 aliphatic carbocycles. The number of alkyl halides is 2. The molecule has 12 heavy (non-hydrogen) atoms. The van der Waals surface area contributed by atoms with Crippen LogP contribution in [0.15, 0.2) is 0 Å². The Hall–Kier alpha value is -1.25. The second-order valence-corrected chi connectivity index (χ2v) is 1.58. The Kier molecular flexibility index (Phi) is 85.2. The van der Waals surface area contributed by atoms with Crippen molar-refractivity contribution in [3.8, 4) is 0 Å². The fourth-order valence-electron chi connectivity index (χ4n) is 0.259. The van der Waals surface area contributed by atoms with Crippen molar-refractivity contribution in [3.63, 3.8) is 0 Å². The third-order valence-electron chi connectivity index (χ3n) is 1.01. The van der Waals surface area contributed by atoms with Crippen molar-refractivity contribution >= 4 is 0 Å². The van der Waals surface area contributed by atoms with Gasteiger partial charge in [0, 0.05) is 5.92 Å². The first-order chi connectivity index (χ1) is 4.35. The van der Waals surface area contributed by atoms with Gasteiger partial charge in [0.15, 0.2) is 0 Å². The topological polar surface area (TPSA) is 20.2 Å². The first-order valence-electron chi connectivity index (χ1n) is 2.64. The van der Waals surface area contributed by atoms with Gasteiger partial charge in [0.2, 0.25) is 0 Å². The largest absolute Gasteiger partial charge is 0.251 e. The zero-order valence-electron chi connectivity index (χ0n) is 5.99. The molecule has 0 rings (SSSR count). The molecule has 0 atom stereocenters. The standard InChI is InChI=1S/C5H10F2.2CH4.FHO.Rf/c1-2-5(3-6)4-7;;;1-2;/h5H,2-4H2,1H3;2*1H4;2H;. The van der Waals surface area contributed by atoms with Crippen molar-refractivity contribution in [1.82, 2.24) is 0 Å². The molecule has 0 saturated heterocycles. The minimum absolute atomic E-state index is 0. The zero-order valence-corrected chi connectivity index (χ0v) is 12.4. The van der Waals surface area contributed by atoms with Crippen LogP contribution in [-0.2, 0) is 0 Å². The molecule has 0 aliphatic heterocycles. The van der Waals surface area contributed by atoms with Gasteiger partial charge in [-0.25, -0.2) is 5.31 Å². The second kappa shape index (κ2) is 33.1. The number of hydrogen-bond acceptors (Lipinski definition) is 1. The van der Waals surface area contributed by atoms with Crippen LogP contribution >= 0.6 is 0 Å². The molecule has 0 aromatic carbocycles. The molecule has 0 aromatic heterocycles. The Labute approximate surface area is 67.1 Å². The monoisotopic (exact) mass is 443 g/mol. The van der Waals surface area contributed by atoms with Crippen LogP contribution in [0.3, 0.4) is 0 Å². The van der Waals surface area contributed by atoms with Crippen LogP contribution in [0, 0.1) is 5.92 Å². The van der Waals surface area contributed by atoms with E-state index in [4.69, 9.17) is 9.84 Å². The SMILES string of the molecule is C.C.CCC(CF)CF.OF.[Rf]. The molecule has 0 spiro atoms. The Morgan fingerprint density at radius 3 is 1.33 bits per heavy atom. The van der Waals surface area contributed by atoms with E-state index in [2.05, 4.69) is 0 Å². The van der Waals surface area contributed by atoms with Crippen molar-refractivity contribution < 1.29 is 18.6 Å². The average molecular weight is 443 g/mol. The molecule has 0 heterocycles. The van der Waals surface area contributed by atoms with Gasteiger partial charge in [-0.3, -0.25) is 8.78 Å². The summed E-state index contributed by atoms with van der Waals surface area (Å²) in [4.78, 5) is 0. The molecule has 0 amide bonds. The van der Waals surface area contributed by atoms with E-state index in [0.29, 0.717) is 6.42 Å². The normalized spacial score (nSPS) is 6.50. The zero-order chi connectivity index (χ0) is 7.70. The Bertz CT molecular complexity index is 40.1. The third-order valence-corrected chi connectivity index (χ3v) is 1.01. The molecule has 1 nitrogen and oxygen atoms in total.